The number of rotatable bonds is 3. The van der Waals surface area contributed by atoms with Gasteiger partial charge in [0.1, 0.15) is 0 Å². The van der Waals surface area contributed by atoms with Crippen LogP contribution in [0.4, 0.5) is 0 Å². The minimum Gasteiger partial charge on any atom is -0.297 e. The van der Waals surface area contributed by atoms with Gasteiger partial charge in [-0.3, -0.25) is 9.59 Å². The third-order valence-electron chi connectivity index (χ3n) is 3.82. The van der Waals surface area contributed by atoms with E-state index in [9.17, 15) is 9.59 Å². The average molecular weight is 299 g/mol. The summed E-state index contributed by atoms with van der Waals surface area (Å²) in [6.07, 6.45) is 0.243. The van der Waals surface area contributed by atoms with Crippen molar-refractivity contribution < 1.29 is 9.59 Å². The zero-order valence-electron chi connectivity index (χ0n) is 11.9. The van der Waals surface area contributed by atoms with Gasteiger partial charge >= 0.3 is 0 Å². The fourth-order valence-electron chi connectivity index (χ4n) is 2.58. The smallest absolute Gasteiger partial charge is 0.194 e. The van der Waals surface area contributed by atoms with Crippen molar-refractivity contribution in [1.29, 1.82) is 0 Å². The molecule has 0 fully saturated rings. The Morgan fingerprint density at radius 2 is 1.62 bits per heavy atom. The van der Waals surface area contributed by atoms with Gasteiger partial charge in [0, 0.05) is 17.5 Å². The lowest BCUT2D eigenvalue weighted by Gasteiger charge is -2.14. The van der Waals surface area contributed by atoms with E-state index in [1.54, 1.807) is 13.8 Å². The van der Waals surface area contributed by atoms with Crippen molar-refractivity contribution in [3.05, 3.63) is 59.2 Å². The van der Waals surface area contributed by atoms with Gasteiger partial charge in [0.2, 0.25) is 0 Å². The minimum absolute atomic E-state index is 0.0278. The second-order valence-corrected chi connectivity index (χ2v) is 6.77. The molecule has 0 spiro atoms. The Bertz CT molecular complexity index is 754. The Balaban J connectivity index is 1.98. The van der Waals surface area contributed by atoms with Gasteiger partial charge < -0.3 is 0 Å². The van der Waals surface area contributed by atoms with Gasteiger partial charge in [-0.2, -0.15) is 0 Å². The highest BCUT2D eigenvalue weighted by atomic mass is 35.5. The Kier molecular flexibility index (Phi) is 3.22. The molecule has 0 unspecified atom stereocenters. The molecule has 3 heteroatoms. The van der Waals surface area contributed by atoms with Gasteiger partial charge in [-0.1, -0.05) is 36.4 Å². The van der Waals surface area contributed by atoms with E-state index >= 15 is 0 Å². The lowest BCUT2D eigenvalue weighted by Crippen LogP contribution is -2.26. The molecule has 2 aromatic carbocycles. The molecule has 0 saturated heterocycles. The first kappa shape index (κ1) is 14.0. The summed E-state index contributed by atoms with van der Waals surface area (Å²) in [6.45, 7) is 3.37. The number of ketones is 2. The van der Waals surface area contributed by atoms with E-state index in [0.717, 1.165) is 22.3 Å². The molecule has 2 nitrogen and oxygen atoms in total. The lowest BCUT2D eigenvalue weighted by molar-refractivity contribution is -0.120. The van der Waals surface area contributed by atoms with E-state index in [2.05, 4.69) is 0 Å². The molecule has 106 valence electrons. The topological polar surface area (TPSA) is 34.1 Å². The summed E-state index contributed by atoms with van der Waals surface area (Å²) in [5.41, 5.74) is 4.14. The van der Waals surface area contributed by atoms with E-state index < -0.39 is 4.87 Å². The SMILES string of the molecule is CC(C)(Cl)C(=O)Cc1ccc2c(c1)C(=O)c1ccccc1-2. The van der Waals surface area contributed by atoms with Crippen molar-refractivity contribution in [1.82, 2.24) is 0 Å². The maximum atomic E-state index is 12.4. The second-order valence-electron chi connectivity index (χ2n) is 5.83. The van der Waals surface area contributed by atoms with Crippen LogP contribution in [0.3, 0.4) is 0 Å². The molecule has 0 N–H and O–H groups in total. The van der Waals surface area contributed by atoms with Gasteiger partial charge in [0.05, 0.1) is 4.87 Å². The number of halogens is 1. The molecule has 0 saturated carbocycles. The molecule has 0 amide bonds. The van der Waals surface area contributed by atoms with Gasteiger partial charge in [-0.05, 0) is 36.6 Å². The second kappa shape index (κ2) is 4.81. The molecule has 1 aliphatic rings. The molecular weight excluding hydrogens is 284 g/mol. The summed E-state index contributed by atoms with van der Waals surface area (Å²) < 4.78 is 0. The summed E-state index contributed by atoms with van der Waals surface area (Å²) in [5.74, 6) is -0.0212. The zero-order valence-corrected chi connectivity index (χ0v) is 12.7. The number of hydrogen-bond donors (Lipinski definition) is 0. The van der Waals surface area contributed by atoms with Crippen molar-refractivity contribution in [3.63, 3.8) is 0 Å². The van der Waals surface area contributed by atoms with Gasteiger partial charge in [-0.15, -0.1) is 11.6 Å². The molecule has 21 heavy (non-hydrogen) atoms. The largest absolute Gasteiger partial charge is 0.297 e. The zero-order chi connectivity index (χ0) is 15.2. The van der Waals surface area contributed by atoms with Crippen molar-refractivity contribution in [2.45, 2.75) is 25.1 Å². The van der Waals surface area contributed by atoms with Crippen LogP contribution in [0.15, 0.2) is 42.5 Å². The number of carbonyl (C=O) groups is 2. The van der Waals surface area contributed by atoms with E-state index in [4.69, 9.17) is 11.6 Å². The van der Waals surface area contributed by atoms with Crippen LogP contribution >= 0.6 is 11.6 Å². The first-order valence-electron chi connectivity index (χ1n) is 6.87. The van der Waals surface area contributed by atoms with Crippen LogP contribution in [0.5, 0.6) is 0 Å². The summed E-state index contributed by atoms with van der Waals surface area (Å²) in [7, 11) is 0. The van der Waals surface area contributed by atoms with Crippen molar-refractivity contribution in [2.75, 3.05) is 0 Å². The molecule has 2 aromatic rings. The minimum atomic E-state index is -0.883. The predicted molar refractivity (Wildman–Crippen MR) is 84.0 cm³/mol. The maximum absolute atomic E-state index is 12.4. The van der Waals surface area contributed by atoms with Gasteiger partial charge in [0.15, 0.2) is 11.6 Å². The van der Waals surface area contributed by atoms with Crippen LogP contribution in [0.2, 0.25) is 0 Å². The normalized spacial score (nSPS) is 13.0. The van der Waals surface area contributed by atoms with Crippen molar-refractivity contribution in [2.24, 2.45) is 0 Å². The molecule has 3 rings (SSSR count). The van der Waals surface area contributed by atoms with E-state index in [0.29, 0.717) is 5.56 Å². The molecule has 1 aliphatic carbocycles. The highest BCUT2D eigenvalue weighted by Gasteiger charge is 2.28. The molecule has 0 aliphatic heterocycles. The highest BCUT2D eigenvalue weighted by Crippen LogP contribution is 2.36. The van der Waals surface area contributed by atoms with Crippen LogP contribution in [0.25, 0.3) is 11.1 Å². The number of benzene rings is 2. The average Bonchev–Trinajstić information content (AvgIpc) is 2.72. The Labute approximate surface area is 128 Å². The summed E-state index contributed by atoms with van der Waals surface area (Å²) >= 11 is 6.04. The fraction of sp³-hybridized carbons (Fsp3) is 0.222. The Morgan fingerprint density at radius 3 is 2.29 bits per heavy atom. The first-order valence-corrected chi connectivity index (χ1v) is 7.25. The molecule has 0 heterocycles. The van der Waals surface area contributed by atoms with Crippen LogP contribution in [0.1, 0.15) is 35.3 Å². The number of carbonyl (C=O) groups excluding carboxylic acids is 2. The van der Waals surface area contributed by atoms with Crippen molar-refractivity contribution >= 4 is 23.2 Å². The molecule has 0 radical (unpaired) electrons. The molecular formula is C18H15ClO2. The predicted octanol–water partition coefficient (Wildman–Crippen LogP) is 4.03. The third kappa shape index (κ3) is 2.40. The summed E-state index contributed by atoms with van der Waals surface area (Å²) in [6, 6.07) is 13.2. The highest BCUT2D eigenvalue weighted by molar-refractivity contribution is 6.34. The number of Topliss-reactive ketones (excluding diaryl/α,β-unsaturated/α-hetero) is 1. The maximum Gasteiger partial charge on any atom is 0.194 e. The number of hydrogen-bond acceptors (Lipinski definition) is 2. The van der Waals surface area contributed by atoms with Crippen LogP contribution in [-0.2, 0) is 11.2 Å². The third-order valence-corrected chi connectivity index (χ3v) is 4.03. The number of fused-ring (bicyclic) bond motifs is 3. The summed E-state index contributed by atoms with van der Waals surface area (Å²) in [5, 5.41) is 0. The quantitative estimate of drug-likeness (QED) is 0.684. The van der Waals surface area contributed by atoms with E-state index in [1.165, 1.54) is 0 Å². The van der Waals surface area contributed by atoms with Crippen LogP contribution in [0, 0.1) is 0 Å². The van der Waals surface area contributed by atoms with Gasteiger partial charge in [-0.25, -0.2) is 0 Å². The van der Waals surface area contributed by atoms with Gasteiger partial charge in [0.25, 0.3) is 0 Å². The Hall–Kier alpha value is -1.93. The number of alkyl halides is 1. The van der Waals surface area contributed by atoms with Crippen molar-refractivity contribution in [3.8, 4) is 11.1 Å². The summed E-state index contributed by atoms with van der Waals surface area (Å²) in [4.78, 5) is 23.5. The monoisotopic (exact) mass is 298 g/mol. The first-order chi connectivity index (χ1) is 9.88. The fourth-order valence-corrected chi connectivity index (χ4v) is 2.65. The standard InChI is InChI=1S/C18H15ClO2/c1-18(2,19)16(20)10-11-7-8-13-12-5-3-4-6-14(12)17(21)15(13)9-11/h3-9H,10H2,1-2H3. The van der Waals surface area contributed by atoms with Crippen LogP contribution < -0.4 is 0 Å². The Morgan fingerprint density at radius 1 is 1.00 bits per heavy atom. The van der Waals surface area contributed by atoms with E-state index in [-0.39, 0.29) is 18.0 Å². The van der Waals surface area contributed by atoms with Crippen LogP contribution in [-0.4, -0.2) is 16.4 Å². The molecule has 0 atom stereocenters. The molecule has 0 bridgehead atoms. The molecule has 0 aromatic heterocycles. The van der Waals surface area contributed by atoms with E-state index in [1.807, 2.05) is 42.5 Å². The lowest BCUT2D eigenvalue weighted by atomic mass is 9.97.